The van der Waals surface area contributed by atoms with Gasteiger partial charge >= 0.3 is 5.97 Å². The number of ether oxygens (including phenoxy) is 2. The number of thioether (sulfide) groups is 1. The van der Waals surface area contributed by atoms with E-state index in [9.17, 15) is 14.7 Å². The van der Waals surface area contributed by atoms with Crippen molar-refractivity contribution in [2.24, 2.45) is 0 Å². The number of benzene rings is 2. The Kier molecular flexibility index (Phi) is 7.54. The maximum atomic E-state index is 12.8. The van der Waals surface area contributed by atoms with Crippen molar-refractivity contribution < 1.29 is 29.3 Å². The molecule has 0 spiro atoms. The van der Waals surface area contributed by atoms with Gasteiger partial charge in [0.05, 0.1) is 11.5 Å². The van der Waals surface area contributed by atoms with E-state index in [1.54, 1.807) is 41.3 Å². The van der Waals surface area contributed by atoms with Crippen LogP contribution in [0.5, 0.6) is 17.2 Å². The van der Waals surface area contributed by atoms with Crippen molar-refractivity contribution >= 4 is 46.3 Å². The van der Waals surface area contributed by atoms with Crippen LogP contribution in [0.3, 0.4) is 0 Å². The zero-order chi connectivity index (χ0) is 22.4. The van der Waals surface area contributed by atoms with Gasteiger partial charge in [0.2, 0.25) is 0 Å². The molecule has 162 valence electrons. The second kappa shape index (κ2) is 10.3. The molecule has 2 N–H and O–H groups in total. The Labute approximate surface area is 189 Å². The summed E-state index contributed by atoms with van der Waals surface area (Å²) < 4.78 is 11.3. The highest BCUT2D eigenvalue weighted by atomic mass is 32.2. The highest BCUT2D eigenvalue weighted by Gasteiger charge is 2.31. The van der Waals surface area contributed by atoms with E-state index in [2.05, 4.69) is 0 Å². The molecular formula is C22H21NO6S2. The van der Waals surface area contributed by atoms with Gasteiger partial charge in [-0.15, -0.1) is 0 Å². The fourth-order valence-corrected chi connectivity index (χ4v) is 4.20. The third kappa shape index (κ3) is 5.99. The predicted molar refractivity (Wildman–Crippen MR) is 122 cm³/mol. The van der Waals surface area contributed by atoms with Crippen LogP contribution in [-0.4, -0.2) is 51.1 Å². The Morgan fingerprint density at radius 3 is 2.58 bits per heavy atom. The first-order valence-corrected chi connectivity index (χ1v) is 10.7. The van der Waals surface area contributed by atoms with Gasteiger partial charge in [-0.05, 0) is 54.8 Å². The molecule has 3 rings (SSSR count). The quantitative estimate of drug-likeness (QED) is 0.433. The lowest BCUT2D eigenvalue weighted by Crippen LogP contribution is -2.30. The number of hydrogen-bond acceptors (Lipinski definition) is 7. The van der Waals surface area contributed by atoms with Crippen LogP contribution in [0.25, 0.3) is 6.08 Å². The SMILES string of the molecule is CCOc1cc(/C=C2/SC(=S)N(CCc3ccc(O)cc3)C2=O)ccc1OCC(=O)O. The van der Waals surface area contributed by atoms with Crippen molar-refractivity contribution in [1.29, 1.82) is 0 Å². The zero-order valence-electron chi connectivity index (χ0n) is 16.7. The van der Waals surface area contributed by atoms with E-state index in [-0.39, 0.29) is 11.7 Å². The molecule has 31 heavy (non-hydrogen) atoms. The summed E-state index contributed by atoms with van der Waals surface area (Å²) in [4.78, 5) is 25.7. The lowest BCUT2D eigenvalue weighted by atomic mass is 10.1. The van der Waals surface area contributed by atoms with Crippen LogP contribution in [-0.2, 0) is 16.0 Å². The minimum atomic E-state index is -1.08. The van der Waals surface area contributed by atoms with Crippen LogP contribution in [0.15, 0.2) is 47.4 Å². The van der Waals surface area contributed by atoms with Crippen LogP contribution in [0, 0.1) is 0 Å². The normalized spacial score (nSPS) is 14.9. The summed E-state index contributed by atoms with van der Waals surface area (Å²) in [6, 6.07) is 11.9. The van der Waals surface area contributed by atoms with Crippen molar-refractivity contribution in [2.75, 3.05) is 19.8 Å². The Morgan fingerprint density at radius 2 is 1.90 bits per heavy atom. The van der Waals surface area contributed by atoms with Gasteiger partial charge in [-0.2, -0.15) is 0 Å². The molecule has 1 saturated heterocycles. The molecule has 0 aromatic heterocycles. The summed E-state index contributed by atoms with van der Waals surface area (Å²) in [5.41, 5.74) is 1.71. The molecule has 0 bridgehead atoms. The minimum absolute atomic E-state index is 0.169. The molecule has 0 atom stereocenters. The van der Waals surface area contributed by atoms with E-state index in [0.29, 0.717) is 45.9 Å². The molecule has 1 heterocycles. The second-order valence-electron chi connectivity index (χ2n) is 6.57. The second-order valence-corrected chi connectivity index (χ2v) is 8.25. The van der Waals surface area contributed by atoms with E-state index in [4.69, 9.17) is 26.8 Å². The van der Waals surface area contributed by atoms with Gasteiger partial charge in [-0.3, -0.25) is 9.69 Å². The van der Waals surface area contributed by atoms with Crippen molar-refractivity contribution in [3.05, 3.63) is 58.5 Å². The number of phenols is 1. The lowest BCUT2D eigenvalue weighted by molar-refractivity contribution is -0.139. The fraction of sp³-hybridized carbons (Fsp3) is 0.227. The first kappa shape index (κ1) is 22.6. The van der Waals surface area contributed by atoms with Crippen LogP contribution in [0.4, 0.5) is 0 Å². The molecule has 1 aliphatic heterocycles. The smallest absolute Gasteiger partial charge is 0.341 e. The highest BCUT2D eigenvalue weighted by molar-refractivity contribution is 8.26. The molecule has 1 fully saturated rings. The van der Waals surface area contributed by atoms with Gasteiger partial charge in [-0.1, -0.05) is 42.2 Å². The monoisotopic (exact) mass is 459 g/mol. The average Bonchev–Trinajstić information content (AvgIpc) is 3.00. The highest BCUT2D eigenvalue weighted by Crippen LogP contribution is 2.35. The summed E-state index contributed by atoms with van der Waals surface area (Å²) >= 11 is 6.61. The van der Waals surface area contributed by atoms with E-state index < -0.39 is 12.6 Å². The molecule has 1 amide bonds. The van der Waals surface area contributed by atoms with Crippen molar-refractivity contribution in [3.8, 4) is 17.2 Å². The number of aliphatic carboxylic acids is 1. The van der Waals surface area contributed by atoms with Gasteiger partial charge in [0.15, 0.2) is 18.1 Å². The summed E-state index contributed by atoms with van der Waals surface area (Å²) in [5, 5.41) is 18.2. The minimum Gasteiger partial charge on any atom is -0.508 e. The van der Waals surface area contributed by atoms with Gasteiger partial charge in [-0.25, -0.2) is 4.79 Å². The van der Waals surface area contributed by atoms with Crippen LogP contribution in [0.1, 0.15) is 18.1 Å². The average molecular weight is 460 g/mol. The lowest BCUT2D eigenvalue weighted by Gasteiger charge is -2.14. The Hall–Kier alpha value is -3.04. The molecule has 1 aliphatic rings. The van der Waals surface area contributed by atoms with Gasteiger partial charge in [0.1, 0.15) is 10.1 Å². The third-order valence-electron chi connectivity index (χ3n) is 4.35. The number of carboxylic acid groups (broad SMARTS) is 1. The molecule has 0 radical (unpaired) electrons. The topological polar surface area (TPSA) is 96.3 Å². The number of carboxylic acids is 1. The number of thiocarbonyl (C=S) groups is 1. The largest absolute Gasteiger partial charge is 0.508 e. The van der Waals surface area contributed by atoms with E-state index in [0.717, 1.165) is 5.56 Å². The fourth-order valence-electron chi connectivity index (χ4n) is 2.89. The van der Waals surface area contributed by atoms with Gasteiger partial charge in [0.25, 0.3) is 5.91 Å². The summed E-state index contributed by atoms with van der Waals surface area (Å²) in [7, 11) is 0. The number of nitrogens with zero attached hydrogens (tertiary/aromatic N) is 1. The van der Waals surface area contributed by atoms with E-state index >= 15 is 0 Å². The standard InChI is InChI=1S/C22H21NO6S2/c1-2-28-18-11-15(5-8-17(18)29-13-20(25)26)12-19-21(27)23(22(30)31-19)10-9-14-3-6-16(24)7-4-14/h3-8,11-12,24H,2,9-10,13H2,1H3,(H,25,26)/b19-12+. The van der Waals surface area contributed by atoms with Crippen LogP contribution in [0.2, 0.25) is 0 Å². The Bertz CT molecular complexity index is 1020. The first-order valence-electron chi connectivity index (χ1n) is 9.52. The molecule has 0 saturated carbocycles. The first-order chi connectivity index (χ1) is 14.9. The number of aromatic hydroxyl groups is 1. The number of amides is 1. The summed E-state index contributed by atoms with van der Waals surface area (Å²) in [6.45, 7) is 2.16. The molecule has 2 aromatic carbocycles. The van der Waals surface area contributed by atoms with Crippen molar-refractivity contribution in [2.45, 2.75) is 13.3 Å². The van der Waals surface area contributed by atoms with Crippen molar-refractivity contribution in [3.63, 3.8) is 0 Å². The summed E-state index contributed by atoms with van der Waals surface area (Å²) in [5.74, 6) is -0.327. The van der Waals surface area contributed by atoms with Gasteiger partial charge in [0, 0.05) is 6.54 Å². The van der Waals surface area contributed by atoms with Crippen molar-refractivity contribution in [1.82, 2.24) is 4.90 Å². The molecule has 0 unspecified atom stereocenters. The maximum Gasteiger partial charge on any atom is 0.341 e. The maximum absolute atomic E-state index is 12.8. The van der Waals surface area contributed by atoms with E-state index in [1.165, 1.54) is 11.8 Å². The zero-order valence-corrected chi connectivity index (χ0v) is 18.4. The number of carbonyl (C=O) groups excluding carboxylic acids is 1. The summed E-state index contributed by atoms with van der Waals surface area (Å²) in [6.07, 6.45) is 2.34. The Balaban J connectivity index is 1.73. The van der Waals surface area contributed by atoms with E-state index in [1.807, 2.05) is 19.1 Å². The molecule has 2 aromatic rings. The molecular weight excluding hydrogens is 438 g/mol. The third-order valence-corrected chi connectivity index (χ3v) is 5.73. The predicted octanol–water partition coefficient (Wildman–Crippen LogP) is 3.70. The molecule has 7 nitrogen and oxygen atoms in total. The number of carbonyl (C=O) groups is 2. The van der Waals surface area contributed by atoms with Crippen LogP contribution < -0.4 is 9.47 Å². The molecule has 9 heteroatoms. The molecule has 0 aliphatic carbocycles. The number of phenolic OH excluding ortho intramolecular Hbond substituents is 1. The number of hydrogen-bond donors (Lipinski definition) is 2. The van der Waals surface area contributed by atoms with Gasteiger partial charge < -0.3 is 19.7 Å². The Morgan fingerprint density at radius 1 is 1.16 bits per heavy atom. The van der Waals surface area contributed by atoms with Crippen LogP contribution >= 0.6 is 24.0 Å². The number of rotatable bonds is 9.